The van der Waals surface area contributed by atoms with Crippen molar-refractivity contribution < 1.29 is 13.6 Å². The standard InChI is InChI=1S/C12H14BrF2N5O/c1-7-3-9(12(14)15)18-20(7)6-11(21)16-5-10-8(13)4-17-19(10)2/h3-4,12H,5-6H2,1-2H3,(H,16,21). The predicted molar refractivity (Wildman–Crippen MR) is 74.7 cm³/mol. The summed E-state index contributed by atoms with van der Waals surface area (Å²) in [6.45, 7) is 1.82. The third kappa shape index (κ3) is 3.66. The van der Waals surface area contributed by atoms with Crippen molar-refractivity contribution in [1.29, 1.82) is 0 Å². The topological polar surface area (TPSA) is 64.7 Å². The highest BCUT2D eigenvalue weighted by Gasteiger charge is 2.15. The van der Waals surface area contributed by atoms with Crippen molar-refractivity contribution in [2.75, 3.05) is 0 Å². The Bertz CT molecular complexity index is 633. The van der Waals surface area contributed by atoms with Gasteiger partial charge in [0.15, 0.2) is 0 Å². The molecule has 0 saturated heterocycles. The van der Waals surface area contributed by atoms with Gasteiger partial charge in [-0.15, -0.1) is 0 Å². The van der Waals surface area contributed by atoms with E-state index in [1.165, 1.54) is 10.7 Å². The fraction of sp³-hybridized carbons (Fsp3) is 0.417. The summed E-state index contributed by atoms with van der Waals surface area (Å²) in [5, 5.41) is 10.4. The summed E-state index contributed by atoms with van der Waals surface area (Å²) in [7, 11) is 1.76. The van der Waals surface area contributed by atoms with Crippen LogP contribution < -0.4 is 5.32 Å². The van der Waals surface area contributed by atoms with Crippen LogP contribution in [0.25, 0.3) is 0 Å². The Morgan fingerprint density at radius 1 is 1.52 bits per heavy atom. The number of nitrogens with one attached hydrogen (secondary N) is 1. The second-order valence-electron chi connectivity index (χ2n) is 4.51. The van der Waals surface area contributed by atoms with Gasteiger partial charge in [0.1, 0.15) is 12.2 Å². The monoisotopic (exact) mass is 361 g/mol. The van der Waals surface area contributed by atoms with E-state index in [0.717, 1.165) is 10.2 Å². The smallest absolute Gasteiger partial charge is 0.282 e. The van der Waals surface area contributed by atoms with Gasteiger partial charge in [0.25, 0.3) is 6.43 Å². The molecule has 0 unspecified atom stereocenters. The van der Waals surface area contributed by atoms with Crippen LogP contribution in [0.4, 0.5) is 8.78 Å². The van der Waals surface area contributed by atoms with Gasteiger partial charge in [0.2, 0.25) is 5.91 Å². The van der Waals surface area contributed by atoms with Crippen LogP contribution in [0.3, 0.4) is 0 Å². The van der Waals surface area contributed by atoms with Crippen LogP contribution in [0.2, 0.25) is 0 Å². The normalized spacial score (nSPS) is 11.1. The van der Waals surface area contributed by atoms with E-state index in [-0.39, 0.29) is 24.7 Å². The maximum absolute atomic E-state index is 12.5. The lowest BCUT2D eigenvalue weighted by molar-refractivity contribution is -0.122. The Hall–Kier alpha value is -1.77. The molecule has 2 heterocycles. The zero-order valence-electron chi connectivity index (χ0n) is 11.5. The van der Waals surface area contributed by atoms with Crippen LogP contribution in [0.15, 0.2) is 16.7 Å². The van der Waals surface area contributed by atoms with E-state index in [4.69, 9.17) is 0 Å². The molecule has 114 valence electrons. The number of amides is 1. The van der Waals surface area contributed by atoms with E-state index in [0.29, 0.717) is 5.69 Å². The van der Waals surface area contributed by atoms with Crippen molar-refractivity contribution in [2.24, 2.45) is 7.05 Å². The Labute approximate surface area is 128 Å². The predicted octanol–water partition coefficient (Wildman–Crippen LogP) is 1.94. The van der Waals surface area contributed by atoms with Crippen LogP contribution in [0, 0.1) is 6.92 Å². The van der Waals surface area contributed by atoms with Crippen molar-refractivity contribution in [1.82, 2.24) is 24.9 Å². The molecule has 2 rings (SSSR count). The highest BCUT2D eigenvalue weighted by molar-refractivity contribution is 9.10. The maximum atomic E-state index is 12.5. The van der Waals surface area contributed by atoms with Crippen molar-refractivity contribution >= 4 is 21.8 Å². The summed E-state index contributed by atoms with van der Waals surface area (Å²) in [5.74, 6) is -0.310. The molecule has 0 aliphatic rings. The average Bonchev–Trinajstić information content (AvgIpc) is 2.92. The zero-order chi connectivity index (χ0) is 15.6. The van der Waals surface area contributed by atoms with Gasteiger partial charge >= 0.3 is 0 Å². The molecule has 0 bridgehead atoms. The lowest BCUT2D eigenvalue weighted by Gasteiger charge is -2.07. The van der Waals surface area contributed by atoms with Gasteiger partial charge in [0.05, 0.1) is 22.9 Å². The zero-order valence-corrected chi connectivity index (χ0v) is 13.1. The molecule has 0 aliphatic carbocycles. The van der Waals surface area contributed by atoms with Gasteiger partial charge in [-0.25, -0.2) is 8.78 Å². The Balaban J connectivity index is 1.96. The van der Waals surface area contributed by atoms with Crippen LogP contribution in [0.5, 0.6) is 0 Å². The molecule has 0 aromatic carbocycles. The summed E-state index contributed by atoms with van der Waals surface area (Å²) in [6, 6.07) is 1.27. The largest absolute Gasteiger partial charge is 0.349 e. The van der Waals surface area contributed by atoms with Gasteiger partial charge in [0, 0.05) is 12.7 Å². The summed E-state index contributed by atoms with van der Waals surface area (Å²) < 4.78 is 28.7. The first kappa shape index (κ1) is 15.6. The SMILES string of the molecule is Cc1cc(C(F)F)nn1CC(=O)NCc1c(Br)cnn1C. The number of aryl methyl sites for hydroxylation is 2. The number of hydrogen-bond acceptors (Lipinski definition) is 3. The van der Waals surface area contributed by atoms with E-state index in [1.54, 1.807) is 24.9 Å². The molecular formula is C12H14BrF2N5O. The minimum absolute atomic E-state index is 0.103. The maximum Gasteiger partial charge on any atom is 0.282 e. The lowest BCUT2D eigenvalue weighted by atomic mass is 10.4. The molecule has 9 heteroatoms. The fourth-order valence-electron chi connectivity index (χ4n) is 1.81. The number of halogens is 3. The molecule has 2 aromatic rings. The molecule has 0 spiro atoms. The highest BCUT2D eigenvalue weighted by Crippen LogP contribution is 2.18. The quantitative estimate of drug-likeness (QED) is 0.884. The number of hydrogen-bond donors (Lipinski definition) is 1. The molecule has 0 radical (unpaired) electrons. The van der Waals surface area contributed by atoms with Crippen molar-refractivity contribution in [2.45, 2.75) is 26.4 Å². The summed E-state index contributed by atoms with van der Waals surface area (Å²) in [6.07, 6.45) is -1.01. The number of aromatic nitrogens is 4. The van der Waals surface area contributed by atoms with E-state index in [2.05, 4.69) is 31.4 Å². The van der Waals surface area contributed by atoms with Gasteiger partial charge < -0.3 is 5.32 Å². The van der Waals surface area contributed by atoms with Crippen LogP contribution in [-0.4, -0.2) is 25.5 Å². The molecule has 0 saturated carbocycles. The van der Waals surface area contributed by atoms with E-state index >= 15 is 0 Å². The Morgan fingerprint density at radius 3 is 2.76 bits per heavy atom. The van der Waals surface area contributed by atoms with Gasteiger partial charge in [-0.3, -0.25) is 14.2 Å². The fourth-order valence-corrected chi connectivity index (χ4v) is 2.30. The Morgan fingerprint density at radius 2 is 2.24 bits per heavy atom. The number of alkyl halides is 2. The van der Waals surface area contributed by atoms with Gasteiger partial charge in [-0.1, -0.05) is 0 Å². The minimum Gasteiger partial charge on any atom is -0.349 e. The first-order chi connectivity index (χ1) is 9.88. The summed E-state index contributed by atoms with van der Waals surface area (Å²) >= 11 is 3.33. The lowest BCUT2D eigenvalue weighted by Crippen LogP contribution is -2.28. The third-order valence-corrected chi connectivity index (χ3v) is 3.64. The Kier molecular flexibility index (Phi) is 4.71. The molecule has 2 aromatic heterocycles. The van der Waals surface area contributed by atoms with Gasteiger partial charge in [-0.05, 0) is 28.9 Å². The van der Waals surface area contributed by atoms with Crippen molar-refractivity contribution in [3.63, 3.8) is 0 Å². The number of rotatable bonds is 5. The second kappa shape index (κ2) is 6.33. The number of carbonyl (C=O) groups excluding carboxylic acids is 1. The van der Waals surface area contributed by atoms with E-state index < -0.39 is 6.43 Å². The molecule has 6 nitrogen and oxygen atoms in total. The molecule has 0 atom stereocenters. The molecule has 0 aliphatic heterocycles. The van der Waals surface area contributed by atoms with Crippen LogP contribution in [-0.2, 0) is 24.9 Å². The average molecular weight is 362 g/mol. The second-order valence-corrected chi connectivity index (χ2v) is 5.36. The van der Waals surface area contributed by atoms with Gasteiger partial charge in [-0.2, -0.15) is 10.2 Å². The highest BCUT2D eigenvalue weighted by atomic mass is 79.9. The van der Waals surface area contributed by atoms with E-state index in [9.17, 15) is 13.6 Å². The van der Waals surface area contributed by atoms with Crippen molar-refractivity contribution in [3.05, 3.63) is 33.8 Å². The number of nitrogens with zero attached hydrogens (tertiary/aromatic N) is 4. The molecule has 1 amide bonds. The number of carbonyl (C=O) groups is 1. The minimum atomic E-state index is -2.64. The first-order valence-corrected chi connectivity index (χ1v) is 6.93. The summed E-state index contributed by atoms with van der Waals surface area (Å²) in [5.41, 5.74) is 1.01. The summed E-state index contributed by atoms with van der Waals surface area (Å²) in [4.78, 5) is 11.9. The molecule has 1 N–H and O–H groups in total. The first-order valence-electron chi connectivity index (χ1n) is 6.14. The molecule has 0 fully saturated rings. The van der Waals surface area contributed by atoms with Crippen LogP contribution >= 0.6 is 15.9 Å². The molecule has 21 heavy (non-hydrogen) atoms. The van der Waals surface area contributed by atoms with Crippen molar-refractivity contribution in [3.8, 4) is 0 Å². The van der Waals surface area contributed by atoms with Crippen LogP contribution in [0.1, 0.15) is 23.5 Å². The van der Waals surface area contributed by atoms with E-state index in [1.807, 2.05) is 0 Å². The third-order valence-electron chi connectivity index (χ3n) is 2.98. The molecular weight excluding hydrogens is 348 g/mol.